The second kappa shape index (κ2) is 10.2. The summed E-state index contributed by atoms with van der Waals surface area (Å²) in [5.74, 6) is 0.0144. The molecule has 0 heterocycles. The highest BCUT2D eigenvalue weighted by atomic mass is 35.5. The lowest BCUT2D eigenvalue weighted by Crippen LogP contribution is -2.36. The molecule has 0 spiro atoms. The normalized spacial score (nSPS) is 9.96. The van der Waals surface area contributed by atoms with E-state index in [1.807, 2.05) is 0 Å². The van der Waals surface area contributed by atoms with Crippen LogP contribution in [-0.2, 0) is 4.79 Å². The smallest absolute Gasteiger partial charge is 0.319 e. The molecule has 148 valence electrons. The van der Waals surface area contributed by atoms with Crippen molar-refractivity contribution in [3.8, 4) is 5.75 Å². The van der Waals surface area contributed by atoms with Crippen LogP contribution in [0.3, 0.4) is 0 Å². The minimum atomic E-state index is -0.450. The van der Waals surface area contributed by atoms with E-state index in [4.69, 9.17) is 16.3 Å². The number of halogens is 1. The Labute approximate surface area is 167 Å². The summed E-state index contributed by atoms with van der Waals surface area (Å²) in [6, 6.07) is 10.9. The quantitative estimate of drug-likeness (QED) is 0.532. The van der Waals surface area contributed by atoms with Crippen LogP contribution in [0.25, 0.3) is 0 Å². The van der Waals surface area contributed by atoms with Crippen LogP contribution in [0.2, 0.25) is 5.02 Å². The zero-order chi connectivity index (χ0) is 20.5. The molecule has 8 nitrogen and oxygen atoms in total. The molecule has 0 saturated carbocycles. The molecule has 0 bridgehead atoms. The van der Waals surface area contributed by atoms with E-state index < -0.39 is 6.03 Å². The number of urea groups is 1. The lowest BCUT2D eigenvalue weighted by atomic mass is 10.2. The Kier molecular flexibility index (Phi) is 7.65. The van der Waals surface area contributed by atoms with Crippen molar-refractivity contribution in [1.82, 2.24) is 10.6 Å². The van der Waals surface area contributed by atoms with Crippen LogP contribution in [0.15, 0.2) is 42.5 Å². The fraction of sp³-hybridized carbons (Fsp3) is 0.211. The first-order valence-electron chi connectivity index (χ1n) is 8.43. The molecule has 4 amide bonds. The second-order valence-electron chi connectivity index (χ2n) is 5.74. The Bertz CT molecular complexity index is 856. The van der Waals surface area contributed by atoms with Gasteiger partial charge < -0.3 is 26.0 Å². The van der Waals surface area contributed by atoms with Crippen LogP contribution in [0, 0.1) is 0 Å². The number of ether oxygens (including phenoxy) is 1. The van der Waals surface area contributed by atoms with Crippen molar-refractivity contribution < 1.29 is 19.1 Å². The molecule has 9 heteroatoms. The summed E-state index contributed by atoms with van der Waals surface area (Å²) in [5.41, 5.74) is 1.50. The molecule has 2 aromatic carbocycles. The molecule has 28 heavy (non-hydrogen) atoms. The van der Waals surface area contributed by atoms with Gasteiger partial charge in [-0.15, -0.1) is 0 Å². The molecular formula is C19H21ClN4O4. The van der Waals surface area contributed by atoms with E-state index >= 15 is 0 Å². The molecule has 0 aliphatic heterocycles. The van der Waals surface area contributed by atoms with E-state index in [9.17, 15) is 14.4 Å². The zero-order valence-electron chi connectivity index (χ0n) is 15.5. The third kappa shape index (κ3) is 6.48. The molecule has 0 saturated heterocycles. The third-order valence-corrected chi connectivity index (χ3v) is 3.81. The van der Waals surface area contributed by atoms with E-state index in [1.165, 1.54) is 14.0 Å². The molecule has 0 unspecified atom stereocenters. The Balaban J connectivity index is 1.76. The maximum atomic E-state index is 12.1. The van der Waals surface area contributed by atoms with Gasteiger partial charge in [-0.1, -0.05) is 11.6 Å². The van der Waals surface area contributed by atoms with Crippen LogP contribution in [-0.4, -0.2) is 38.0 Å². The van der Waals surface area contributed by atoms with Crippen molar-refractivity contribution in [3.63, 3.8) is 0 Å². The number of rotatable bonds is 7. The predicted octanol–water partition coefficient (Wildman–Crippen LogP) is 2.86. The Morgan fingerprint density at radius 1 is 0.964 bits per heavy atom. The number of carbonyl (C=O) groups is 3. The average molecular weight is 405 g/mol. The van der Waals surface area contributed by atoms with Crippen molar-refractivity contribution in [2.75, 3.05) is 30.8 Å². The molecule has 4 N–H and O–H groups in total. The number of hydrogen-bond donors (Lipinski definition) is 4. The highest BCUT2D eigenvalue weighted by Crippen LogP contribution is 2.27. The Hall–Kier alpha value is -3.26. The number of hydrogen-bond acceptors (Lipinski definition) is 4. The molecule has 0 radical (unpaired) electrons. The summed E-state index contributed by atoms with van der Waals surface area (Å²) in [5, 5.41) is 11.1. The molecule has 0 fully saturated rings. The van der Waals surface area contributed by atoms with Gasteiger partial charge in [0.1, 0.15) is 5.75 Å². The van der Waals surface area contributed by atoms with Gasteiger partial charge in [0.25, 0.3) is 5.91 Å². The topological polar surface area (TPSA) is 109 Å². The number of nitrogens with one attached hydrogen (secondary N) is 4. The summed E-state index contributed by atoms with van der Waals surface area (Å²) in [7, 11) is 1.49. The van der Waals surface area contributed by atoms with Crippen LogP contribution in [0.1, 0.15) is 17.3 Å². The van der Waals surface area contributed by atoms with Gasteiger partial charge in [-0.05, 0) is 42.5 Å². The molecule has 0 aliphatic rings. The van der Waals surface area contributed by atoms with Crippen molar-refractivity contribution in [1.29, 1.82) is 0 Å². The highest BCUT2D eigenvalue weighted by molar-refractivity contribution is 6.31. The van der Waals surface area contributed by atoms with Gasteiger partial charge in [0, 0.05) is 36.3 Å². The number of anilines is 2. The van der Waals surface area contributed by atoms with Crippen LogP contribution >= 0.6 is 11.6 Å². The summed E-state index contributed by atoms with van der Waals surface area (Å²) in [6.45, 7) is 1.88. The molecule has 2 aromatic rings. The summed E-state index contributed by atoms with van der Waals surface area (Å²) in [4.78, 5) is 35.0. The van der Waals surface area contributed by atoms with Gasteiger partial charge in [-0.2, -0.15) is 0 Å². The van der Waals surface area contributed by atoms with Crippen LogP contribution < -0.4 is 26.0 Å². The second-order valence-corrected chi connectivity index (χ2v) is 6.18. The van der Waals surface area contributed by atoms with E-state index in [-0.39, 0.29) is 24.9 Å². The monoisotopic (exact) mass is 404 g/mol. The van der Waals surface area contributed by atoms with Gasteiger partial charge in [0.2, 0.25) is 5.91 Å². The van der Waals surface area contributed by atoms with Crippen molar-refractivity contribution in [2.45, 2.75) is 6.92 Å². The van der Waals surface area contributed by atoms with Crippen molar-refractivity contribution in [3.05, 3.63) is 53.1 Å². The van der Waals surface area contributed by atoms with Gasteiger partial charge >= 0.3 is 6.03 Å². The Morgan fingerprint density at radius 3 is 2.29 bits per heavy atom. The first-order chi connectivity index (χ1) is 13.4. The molecule has 0 aromatic heterocycles. The van der Waals surface area contributed by atoms with Crippen LogP contribution in [0.4, 0.5) is 16.2 Å². The van der Waals surface area contributed by atoms with Gasteiger partial charge in [0.05, 0.1) is 12.8 Å². The standard InChI is InChI=1S/C19H21ClN4O4/c1-12(25)23-15-6-3-13(4-7-15)18(26)21-9-10-22-19(27)24-16-11-14(20)5-8-17(16)28-2/h3-8,11H,9-10H2,1-2H3,(H,21,26)(H,23,25)(H2,22,24,27). The van der Waals surface area contributed by atoms with E-state index in [1.54, 1.807) is 42.5 Å². The predicted molar refractivity (Wildman–Crippen MR) is 108 cm³/mol. The average Bonchev–Trinajstić information content (AvgIpc) is 2.65. The zero-order valence-corrected chi connectivity index (χ0v) is 16.2. The molecule has 0 atom stereocenters. The van der Waals surface area contributed by atoms with Crippen molar-refractivity contribution in [2.24, 2.45) is 0 Å². The number of carbonyl (C=O) groups excluding carboxylic acids is 3. The number of methoxy groups -OCH3 is 1. The van der Waals surface area contributed by atoms with Gasteiger partial charge in [0.15, 0.2) is 0 Å². The summed E-state index contributed by atoms with van der Waals surface area (Å²) >= 11 is 5.92. The Morgan fingerprint density at radius 2 is 1.64 bits per heavy atom. The maximum Gasteiger partial charge on any atom is 0.319 e. The first-order valence-corrected chi connectivity index (χ1v) is 8.81. The van der Waals surface area contributed by atoms with Gasteiger partial charge in [-0.25, -0.2) is 4.79 Å². The van der Waals surface area contributed by atoms with Gasteiger partial charge in [-0.3, -0.25) is 9.59 Å². The highest BCUT2D eigenvalue weighted by Gasteiger charge is 2.09. The summed E-state index contributed by atoms with van der Waals surface area (Å²) < 4.78 is 5.16. The molecule has 2 rings (SSSR count). The van der Waals surface area contributed by atoms with Crippen molar-refractivity contribution >= 4 is 40.8 Å². The van der Waals surface area contributed by atoms with E-state index in [0.29, 0.717) is 27.7 Å². The largest absolute Gasteiger partial charge is 0.495 e. The SMILES string of the molecule is COc1ccc(Cl)cc1NC(=O)NCCNC(=O)c1ccc(NC(C)=O)cc1. The molecular weight excluding hydrogens is 384 g/mol. The molecule has 0 aliphatic carbocycles. The summed E-state index contributed by atoms with van der Waals surface area (Å²) in [6.07, 6.45) is 0. The number of benzene rings is 2. The third-order valence-electron chi connectivity index (χ3n) is 3.57. The number of amides is 4. The lowest BCUT2D eigenvalue weighted by molar-refractivity contribution is -0.114. The fourth-order valence-corrected chi connectivity index (χ4v) is 2.48. The minimum absolute atomic E-state index is 0.183. The lowest BCUT2D eigenvalue weighted by Gasteiger charge is -2.12. The van der Waals surface area contributed by atoms with Crippen LogP contribution in [0.5, 0.6) is 5.75 Å². The van der Waals surface area contributed by atoms with E-state index in [0.717, 1.165) is 0 Å². The first kappa shape index (κ1) is 21.0. The fourth-order valence-electron chi connectivity index (χ4n) is 2.31. The maximum absolute atomic E-state index is 12.1. The minimum Gasteiger partial charge on any atom is -0.495 e. The van der Waals surface area contributed by atoms with E-state index in [2.05, 4.69) is 21.3 Å².